The van der Waals surface area contributed by atoms with Crippen molar-refractivity contribution < 1.29 is 13.2 Å². The number of hydrogen-bond donors (Lipinski definition) is 1. The molecule has 2 rings (SSSR count). The third kappa shape index (κ3) is 3.66. The molecule has 21 heavy (non-hydrogen) atoms. The van der Waals surface area contributed by atoms with Crippen LogP contribution in [0.25, 0.3) is 0 Å². The second-order valence-electron chi connectivity index (χ2n) is 4.84. The Bertz CT molecular complexity index is 620. The van der Waals surface area contributed by atoms with Crippen LogP contribution in [0, 0.1) is 6.92 Å². The average molecular weight is 358 g/mol. The van der Waals surface area contributed by atoms with E-state index >= 15 is 0 Å². The molecular formula is C16H15BrF3N. The van der Waals surface area contributed by atoms with E-state index in [1.807, 2.05) is 25.1 Å². The number of nitrogens with one attached hydrogen (secondary N) is 1. The zero-order valence-corrected chi connectivity index (χ0v) is 13.2. The van der Waals surface area contributed by atoms with Gasteiger partial charge in [-0.05, 0) is 54.9 Å². The molecule has 0 aromatic heterocycles. The minimum absolute atomic E-state index is 0.139. The molecule has 0 saturated heterocycles. The predicted molar refractivity (Wildman–Crippen MR) is 81.2 cm³/mol. The van der Waals surface area contributed by atoms with E-state index < -0.39 is 11.7 Å². The lowest BCUT2D eigenvalue weighted by atomic mass is 9.94. The molecule has 0 aliphatic rings. The number of benzene rings is 2. The Morgan fingerprint density at radius 3 is 2.14 bits per heavy atom. The van der Waals surface area contributed by atoms with Crippen molar-refractivity contribution in [2.45, 2.75) is 19.1 Å². The van der Waals surface area contributed by atoms with Gasteiger partial charge < -0.3 is 5.32 Å². The van der Waals surface area contributed by atoms with Crippen LogP contribution in [0.4, 0.5) is 13.2 Å². The zero-order valence-electron chi connectivity index (χ0n) is 11.6. The quantitative estimate of drug-likeness (QED) is 0.806. The topological polar surface area (TPSA) is 12.0 Å². The highest BCUT2D eigenvalue weighted by molar-refractivity contribution is 9.10. The smallest absolute Gasteiger partial charge is 0.309 e. The van der Waals surface area contributed by atoms with Crippen LogP contribution in [0.1, 0.15) is 28.3 Å². The van der Waals surface area contributed by atoms with Gasteiger partial charge in [-0.3, -0.25) is 0 Å². The third-order valence-corrected chi connectivity index (χ3v) is 3.90. The highest BCUT2D eigenvalue weighted by atomic mass is 79.9. The normalized spacial score (nSPS) is 13.2. The summed E-state index contributed by atoms with van der Waals surface area (Å²) >= 11 is 3.41. The van der Waals surface area contributed by atoms with Gasteiger partial charge in [0.2, 0.25) is 0 Å². The maximum Gasteiger partial charge on any atom is 0.416 e. The van der Waals surface area contributed by atoms with Crippen molar-refractivity contribution in [2.24, 2.45) is 0 Å². The molecule has 2 aromatic carbocycles. The van der Waals surface area contributed by atoms with Crippen LogP contribution in [-0.2, 0) is 6.18 Å². The molecular weight excluding hydrogens is 343 g/mol. The Kier molecular flexibility index (Phi) is 4.74. The van der Waals surface area contributed by atoms with Gasteiger partial charge in [-0.2, -0.15) is 13.2 Å². The van der Waals surface area contributed by atoms with Crippen LogP contribution in [0.15, 0.2) is 46.9 Å². The van der Waals surface area contributed by atoms with Crippen molar-refractivity contribution in [1.82, 2.24) is 5.32 Å². The summed E-state index contributed by atoms with van der Waals surface area (Å²) in [5.41, 5.74) is 2.29. The summed E-state index contributed by atoms with van der Waals surface area (Å²) in [4.78, 5) is 0. The Hall–Kier alpha value is -1.33. The predicted octanol–water partition coefficient (Wildman–Crippen LogP) is 5.09. The molecule has 5 heteroatoms. The Balaban J connectivity index is 2.37. The fraction of sp³-hybridized carbons (Fsp3) is 0.250. The van der Waals surface area contributed by atoms with Crippen molar-refractivity contribution in [1.29, 1.82) is 0 Å². The van der Waals surface area contributed by atoms with Gasteiger partial charge in [0.25, 0.3) is 0 Å². The minimum Gasteiger partial charge on any atom is -0.309 e. The molecule has 1 unspecified atom stereocenters. The maximum absolute atomic E-state index is 12.6. The van der Waals surface area contributed by atoms with Gasteiger partial charge in [0.15, 0.2) is 0 Å². The Morgan fingerprint density at radius 1 is 1.05 bits per heavy atom. The molecule has 0 fully saturated rings. The number of rotatable bonds is 3. The molecule has 1 N–H and O–H groups in total. The van der Waals surface area contributed by atoms with E-state index in [0.29, 0.717) is 0 Å². The van der Waals surface area contributed by atoms with Crippen molar-refractivity contribution in [3.8, 4) is 0 Å². The number of halogens is 4. The van der Waals surface area contributed by atoms with E-state index in [0.717, 1.165) is 33.3 Å². The summed E-state index contributed by atoms with van der Waals surface area (Å²) in [5, 5.41) is 3.16. The summed E-state index contributed by atoms with van der Waals surface area (Å²) < 4.78 is 38.8. The van der Waals surface area contributed by atoms with Gasteiger partial charge in [-0.1, -0.05) is 34.1 Å². The molecule has 1 nitrogen and oxygen atoms in total. The van der Waals surface area contributed by atoms with Crippen molar-refractivity contribution in [3.63, 3.8) is 0 Å². The van der Waals surface area contributed by atoms with Crippen LogP contribution < -0.4 is 5.32 Å². The highest BCUT2D eigenvalue weighted by Crippen LogP contribution is 2.32. The molecule has 0 bridgehead atoms. The molecule has 0 heterocycles. The first-order valence-corrected chi connectivity index (χ1v) is 7.22. The average Bonchev–Trinajstić information content (AvgIpc) is 2.41. The van der Waals surface area contributed by atoms with E-state index in [9.17, 15) is 13.2 Å². The highest BCUT2D eigenvalue weighted by Gasteiger charge is 2.30. The molecule has 0 saturated carbocycles. The molecule has 2 aromatic rings. The molecule has 1 atom stereocenters. The maximum atomic E-state index is 12.6. The van der Waals surface area contributed by atoms with Gasteiger partial charge in [-0.15, -0.1) is 0 Å². The monoisotopic (exact) mass is 357 g/mol. The molecule has 112 valence electrons. The third-order valence-electron chi connectivity index (χ3n) is 3.40. The van der Waals surface area contributed by atoms with E-state index in [1.165, 1.54) is 12.1 Å². The van der Waals surface area contributed by atoms with Crippen LogP contribution in [-0.4, -0.2) is 7.05 Å². The number of hydrogen-bond acceptors (Lipinski definition) is 1. The van der Waals surface area contributed by atoms with Gasteiger partial charge in [0.05, 0.1) is 11.6 Å². The Morgan fingerprint density at radius 2 is 1.67 bits per heavy atom. The van der Waals surface area contributed by atoms with Crippen molar-refractivity contribution in [3.05, 3.63) is 69.2 Å². The van der Waals surface area contributed by atoms with Crippen LogP contribution in [0.2, 0.25) is 0 Å². The van der Waals surface area contributed by atoms with E-state index in [-0.39, 0.29) is 6.04 Å². The van der Waals surface area contributed by atoms with Gasteiger partial charge >= 0.3 is 6.18 Å². The lowest BCUT2D eigenvalue weighted by molar-refractivity contribution is -0.137. The SMILES string of the molecule is CNC(c1ccc(C(F)(F)F)cc1)c1ccc(Br)cc1C. The summed E-state index contributed by atoms with van der Waals surface area (Å²) in [6.45, 7) is 1.98. The van der Waals surface area contributed by atoms with E-state index in [4.69, 9.17) is 0 Å². The molecule has 0 spiro atoms. The second-order valence-corrected chi connectivity index (χ2v) is 5.76. The van der Waals surface area contributed by atoms with Gasteiger partial charge in [0, 0.05) is 4.47 Å². The van der Waals surface area contributed by atoms with Gasteiger partial charge in [0.1, 0.15) is 0 Å². The number of alkyl halides is 3. The van der Waals surface area contributed by atoms with Crippen molar-refractivity contribution >= 4 is 15.9 Å². The fourth-order valence-electron chi connectivity index (χ4n) is 2.33. The van der Waals surface area contributed by atoms with Crippen molar-refractivity contribution in [2.75, 3.05) is 7.05 Å². The summed E-state index contributed by atoms with van der Waals surface area (Å²) in [6.07, 6.45) is -4.30. The second kappa shape index (κ2) is 6.20. The van der Waals surface area contributed by atoms with Crippen LogP contribution in [0.3, 0.4) is 0 Å². The van der Waals surface area contributed by atoms with E-state index in [1.54, 1.807) is 7.05 Å². The summed E-state index contributed by atoms with van der Waals surface area (Å²) in [6, 6.07) is 11.0. The molecule has 0 amide bonds. The van der Waals surface area contributed by atoms with Crippen LogP contribution >= 0.6 is 15.9 Å². The summed E-state index contributed by atoms with van der Waals surface area (Å²) in [5.74, 6) is 0. The molecule has 0 aliphatic heterocycles. The van der Waals surface area contributed by atoms with E-state index in [2.05, 4.69) is 21.2 Å². The lowest BCUT2D eigenvalue weighted by Gasteiger charge is -2.20. The zero-order chi connectivity index (χ0) is 15.6. The largest absolute Gasteiger partial charge is 0.416 e. The summed E-state index contributed by atoms with van der Waals surface area (Å²) in [7, 11) is 1.80. The van der Waals surface area contributed by atoms with Gasteiger partial charge in [-0.25, -0.2) is 0 Å². The first-order valence-electron chi connectivity index (χ1n) is 6.43. The standard InChI is InChI=1S/C16H15BrF3N/c1-10-9-13(17)7-8-14(10)15(21-2)11-3-5-12(6-4-11)16(18,19)20/h3-9,15,21H,1-2H3. The minimum atomic E-state index is -4.30. The first-order chi connectivity index (χ1) is 9.82. The Labute approximate surface area is 130 Å². The fourth-order valence-corrected chi connectivity index (χ4v) is 2.80. The molecule has 0 aliphatic carbocycles. The lowest BCUT2D eigenvalue weighted by Crippen LogP contribution is -2.19. The first kappa shape index (κ1) is 16.0. The van der Waals surface area contributed by atoms with Crippen LogP contribution in [0.5, 0.6) is 0 Å². The number of aryl methyl sites for hydroxylation is 1. The molecule has 0 radical (unpaired) electrons.